The lowest BCUT2D eigenvalue weighted by molar-refractivity contribution is 0.0540. The van der Waals surface area contributed by atoms with Crippen molar-refractivity contribution in [1.29, 1.82) is 0 Å². The van der Waals surface area contributed by atoms with Crippen molar-refractivity contribution >= 4 is 17.2 Å². The Hall–Kier alpha value is -0.150. The van der Waals surface area contributed by atoms with Crippen LogP contribution >= 0.6 is 12.2 Å². The van der Waals surface area contributed by atoms with Crippen molar-refractivity contribution < 1.29 is 4.74 Å². The van der Waals surface area contributed by atoms with E-state index in [4.69, 9.17) is 22.7 Å². The fraction of sp³-hybridized carbons (Fsp3) is 0.875. The molecule has 0 rings (SSSR count). The summed E-state index contributed by atoms with van der Waals surface area (Å²) in [6.07, 6.45) is 1.34. The summed E-state index contributed by atoms with van der Waals surface area (Å²) >= 11 is 4.80. The van der Waals surface area contributed by atoms with Gasteiger partial charge in [0.05, 0.1) is 17.7 Å². The van der Waals surface area contributed by atoms with Crippen molar-refractivity contribution in [2.75, 3.05) is 6.61 Å². The summed E-state index contributed by atoms with van der Waals surface area (Å²) in [6.45, 7) is 6.76. The van der Waals surface area contributed by atoms with Gasteiger partial charge in [0, 0.05) is 5.92 Å². The molecule has 0 radical (unpaired) electrons. The van der Waals surface area contributed by atoms with Gasteiger partial charge in [0.1, 0.15) is 0 Å². The van der Waals surface area contributed by atoms with E-state index >= 15 is 0 Å². The van der Waals surface area contributed by atoms with Crippen LogP contribution in [-0.4, -0.2) is 17.7 Å². The normalized spacial score (nSPS) is 15.9. The van der Waals surface area contributed by atoms with Crippen LogP contribution < -0.4 is 5.73 Å². The van der Waals surface area contributed by atoms with Gasteiger partial charge >= 0.3 is 0 Å². The third-order valence-corrected chi connectivity index (χ3v) is 2.09. The molecule has 0 aliphatic rings. The Morgan fingerprint density at radius 1 is 1.55 bits per heavy atom. The minimum atomic E-state index is 0.194. The molecule has 0 aromatic carbocycles. The molecule has 0 aliphatic carbocycles. The number of hydrogen-bond acceptors (Lipinski definition) is 2. The molecule has 2 N–H and O–H groups in total. The van der Waals surface area contributed by atoms with Crippen molar-refractivity contribution in [3.8, 4) is 0 Å². The number of nitrogens with two attached hydrogens (primary N) is 1. The van der Waals surface area contributed by atoms with Gasteiger partial charge in [0.25, 0.3) is 0 Å². The zero-order valence-electron chi connectivity index (χ0n) is 7.46. The summed E-state index contributed by atoms with van der Waals surface area (Å²) in [5.74, 6) is 0.194. The highest BCUT2D eigenvalue weighted by Crippen LogP contribution is 2.01. The summed E-state index contributed by atoms with van der Waals surface area (Å²) in [5, 5.41) is 0. The molecule has 11 heavy (non-hydrogen) atoms. The maximum atomic E-state index is 5.45. The van der Waals surface area contributed by atoms with Gasteiger partial charge in [0.2, 0.25) is 0 Å². The molecule has 0 heterocycles. The first-order valence-corrected chi connectivity index (χ1v) is 4.39. The summed E-state index contributed by atoms with van der Waals surface area (Å²) in [4.78, 5) is 0.535. The standard InChI is InChI=1S/C8H17NOS/c1-4-7(3)10-5-6(2)8(9)11/h6-7H,4-5H2,1-3H3,(H2,9,11). The van der Waals surface area contributed by atoms with E-state index in [1.54, 1.807) is 0 Å². The van der Waals surface area contributed by atoms with Gasteiger partial charge < -0.3 is 10.5 Å². The summed E-state index contributed by atoms with van der Waals surface area (Å²) in [5.41, 5.74) is 5.42. The maximum Gasteiger partial charge on any atom is 0.0779 e. The van der Waals surface area contributed by atoms with E-state index in [0.29, 0.717) is 17.7 Å². The van der Waals surface area contributed by atoms with E-state index in [9.17, 15) is 0 Å². The van der Waals surface area contributed by atoms with Gasteiger partial charge in [-0.1, -0.05) is 26.1 Å². The van der Waals surface area contributed by atoms with Crippen LogP contribution in [0.15, 0.2) is 0 Å². The highest BCUT2D eigenvalue weighted by atomic mass is 32.1. The second-order valence-electron chi connectivity index (χ2n) is 2.86. The minimum absolute atomic E-state index is 0.194. The number of rotatable bonds is 5. The molecule has 0 saturated heterocycles. The van der Waals surface area contributed by atoms with Crippen molar-refractivity contribution in [2.24, 2.45) is 11.7 Å². The quantitative estimate of drug-likeness (QED) is 0.646. The smallest absolute Gasteiger partial charge is 0.0779 e. The van der Waals surface area contributed by atoms with Crippen LogP contribution in [0.3, 0.4) is 0 Å². The lowest BCUT2D eigenvalue weighted by Crippen LogP contribution is -2.24. The van der Waals surface area contributed by atoms with Crippen LogP contribution in [-0.2, 0) is 4.74 Å². The maximum absolute atomic E-state index is 5.45. The van der Waals surface area contributed by atoms with Gasteiger partial charge in [-0.15, -0.1) is 0 Å². The van der Waals surface area contributed by atoms with Gasteiger partial charge in [-0.05, 0) is 13.3 Å². The molecule has 2 nitrogen and oxygen atoms in total. The Labute approximate surface area is 74.1 Å². The average Bonchev–Trinajstić information content (AvgIpc) is 1.99. The molecule has 0 amide bonds. The molecule has 2 atom stereocenters. The molecule has 0 aliphatic heterocycles. The van der Waals surface area contributed by atoms with Crippen molar-refractivity contribution in [3.05, 3.63) is 0 Å². The Bertz CT molecular complexity index is 127. The second-order valence-corrected chi connectivity index (χ2v) is 3.33. The van der Waals surface area contributed by atoms with Gasteiger partial charge in [-0.3, -0.25) is 0 Å². The van der Waals surface area contributed by atoms with E-state index in [1.165, 1.54) is 0 Å². The second kappa shape index (κ2) is 5.49. The molecule has 0 aromatic rings. The van der Waals surface area contributed by atoms with E-state index < -0.39 is 0 Å². The van der Waals surface area contributed by atoms with E-state index in [0.717, 1.165) is 6.42 Å². The Morgan fingerprint density at radius 2 is 2.09 bits per heavy atom. The van der Waals surface area contributed by atoms with Gasteiger partial charge in [-0.25, -0.2) is 0 Å². The van der Waals surface area contributed by atoms with Gasteiger partial charge in [-0.2, -0.15) is 0 Å². The SMILES string of the molecule is CCC(C)OCC(C)C(N)=S. The van der Waals surface area contributed by atoms with E-state index in [1.807, 2.05) is 13.8 Å². The first kappa shape index (κ1) is 10.8. The molecule has 0 aromatic heterocycles. The zero-order valence-corrected chi connectivity index (χ0v) is 8.28. The van der Waals surface area contributed by atoms with E-state index in [2.05, 4.69) is 6.92 Å². The van der Waals surface area contributed by atoms with Crippen LogP contribution in [0, 0.1) is 5.92 Å². The fourth-order valence-electron chi connectivity index (χ4n) is 0.509. The molecular weight excluding hydrogens is 158 g/mol. The first-order chi connectivity index (χ1) is 5.07. The molecule has 3 heteroatoms. The van der Waals surface area contributed by atoms with Crippen LogP contribution in [0.25, 0.3) is 0 Å². The van der Waals surface area contributed by atoms with Crippen LogP contribution in [0.4, 0.5) is 0 Å². The Balaban J connectivity index is 3.45. The Morgan fingerprint density at radius 3 is 2.45 bits per heavy atom. The lowest BCUT2D eigenvalue weighted by Gasteiger charge is -2.14. The highest BCUT2D eigenvalue weighted by molar-refractivity contribution is 7.80. The van der Waals surface area contributed by atoms with Crippen molar-refractivity contribution in [3.63, 3.8) is 0 Å². The molecule has 2 unspecified atom stereocenters. The fourth-order valence-corrected chi connectivity index (χ4v) is 0.577. The van der Waals surface area contributed by atoms with Gasteiger partial charge in [0.15, 0.2) is 0 Å². The van der Waals surface area contributed by atoms with Crippen LogP contribution in [0.2, 0.25) is 0 Å². The third-order valence-electron chi connectivity index (χ3n) is 1.69. The highest BCUT2D eigenvalue weighted by Gasteiger charge is 2.06. The predicted octanol–water partition coefficient (Wildman–Crippen LogP) is 1.72. The molecule has 0 fully saturated rings. The molecular formula is C8H17NOS. The minimum Gasteiger partial charge on any atom is -0.393 e. The molecule has 0 spiro atoms. The summed E-state index contributed by atoms with van der Waals surface area (Å²) < 4.78 is 5.45. The Kier molecular flexibility index (Phi) is 5.42. The largest absolute Gasteiger partial charge is 0.393 e. The summed E-state index contributed by atoms with van der Waals surface area (Å²) in [6, 6.07) is 0. The summed E-state index contributed by atoms with van der Waals surface area (Å²) in [7, 11) is 0. The topological polar surface area (TPSA) is 35.2 Å². The molecule has 0 saturated carbocycles. The van der Waals surface area contributed by atoms with Crippen molar-refractivity contribution in [1.82, 2.24) is 0 Å². The third kappa shape index (κ3) is 5.16. The zero-order chi connectivity index (χ0) is 8.85. The number of hydrogen-bond donors (Lipinski definition) is 1. The van der Waals surface area contributed by atoms with Crippen LogP contribution in [0.5, 0.6) is 0 Å². The lowest BCUT2D eigenvalue weighted by atomic mass is 10.2. The average molecular weight is 175 g/mol. The molecule has 66 valence electrons. The van der Waals surface area contributed by atoms with Crippen LogP contribution in [0.1, 0.15) is 27.2 Å². The number of thiocarbonyl (C=S) groups is 1. The first-order valence-electron chi connectivity index (χ1n) is 3.98. The number of ether oxygens (including phenoxy) is 1. The molecule has 0 bridgehead atoms. The van der Waals surface area contributed by atoms with Crippen molar-refractivity contribution in [2.45, 2.75) is 33.3 Å². The predicted molar refractivity (Wildman–Crippen MR) is 51.7 cm³/mol. The van der Waals surface area contributed by atoms with E-state index in [-0.39, 0.29) is 5.92 Å². The monoisotopic (exact) mass is 175 g/mol.